The Bertz CT molecular complexity index is 334. The summed E-state index contributed by atoms with van der Waals surface area (Å²) in [6, 6.07) is -0.434. The van der Waals surface area contributed by atoms with Gasteiger partial charge in [-0.25, -0.2) is 4.79 Å². The molecule has 0 atom stereocenters. The monoisotopic (exact) mass is 290 g/mol. The molecule has 0 aliphatic carbocycles. The van der Waals surface area contributed by atoms with Gasteiger partial charge in [0.1, 0.15) is 6.54 Å². The van der Waals surface area contributed by atoms with Gasteiger partial charge in [0.25, 0.3) is 0 Å². The lowest BCUT2D eigenvalue weighted by Crippen LogP contribution is -2.46. The van der Waals surface area contributed by atoms with Crippen molar-refractivity contribution in [2.75, 3.05) is 47.0 Å². The molecule has 0 heterocycles. The number of carboxylic acids is 1. The van der Waals surface area contributed by atoms with Crippen LogP contribution in [0.15, 0.2) is 0 Å². The second-order valence-corrected chi connectivity index (χ2v) is 4.07. The Balaban J connectivity index is 4.53. The van der Waals surface area contributed by atoms with Crippen LogP contribution in [-0.4, -0.2) is 79.9 Å². The zero-order valence-corrected chi connectivity index (χ0v) is 12.1. The first-order chi connectivity index (χ1) is 9.42. The summed E-state index contributed by atoms with van der Waals surface area (Å²) in [5, 5.41) is 8.59. The van der Waals surface area contributed by atoms with E-state index in [2.05, 4.69) is 0 Å². The van der Waals surface area contributed by atoms with E-state index in [1.165, 1.54) is 24.0 Å². The van der Waals surface area contributed by atoms with Crippen LogP contribution in [0.3, 0.4) is 0 Å². The molecular formula is C12H22N2O6. The van der Waals surface area contributed by atoms with Crippen LogP contribution in [0.4, 0.5) is 4.79 Å². The first-order valence-electron chi connectivity index (χ1n) is 6.28. The highest BCUT2D eigenvalue weighted by Gasteiger charge is 2.21. The third-order valence-electron chi connectivity index (χ3n) is 2.45. The number of amides is 2. The maximum absolute atomic E-state index is 12.1. The lowest BCUT2D eigenvalue weighted by atomic mass is 10.4. The highest BCUT2D eigenvalue weighted by Crippen LogP contribution is 2.00. The Morgan fingerprint density at radius 2 is 1.85 bits per heavy atom. The van der Waals surface area contributed by atoms with Crippen molar-refractivity contribution in [3.05, 3.63) is 0 Å². The first kappa shape index (κ1) is 18.2. The minimum absolute atomic E-state index is 0.0699. The predicted molar refractivity (Wildman–Crippen MR) is 70.4 cm³/mol. The molecule has 116 valence electrons. The zero-order valence-electron chi connectivity index (χ0n) is 12.1. The second-order valence-electron chi connectivity index (χ2n) is 4.07. The van der Waals surface area contributed by atoms with Crippen molar-refractivity contribution in [1.29, 1.82) is 0 Å². The number of esters is 1. The Morgan fingerprint density at radius 3 is 2.35 bits per heavy atom. The maximum atomic E-state index is 12.1. The molecule has 1 N–H and O–H groups in total. The summed E-state index contributed by atoms with van der Waals surface area (Å²) >= 11 is 0. The molecule has 0 fully saturated rings. The number of carboxylic acid groups (broad SMARTS) is 1. The smallest absolute Gasteiger partial charge is 0.325 e. The van der Waals surface area contributed by atoms with Gasteiger partial charge in [0.2, 0.25) is 0 Å². The van der Waals surface area contributed by atoms with Crippen molar-refractivity contribution >= 4 is 18.0 Å². The Labute approximate surface area is 118 Å². The van der Waals surface area contributed by atoms with Crippen LogP contribution in [-0.2, 0) is 19.1 Å². The molecule has 0 bridgehead atoms. The zero-order chi connectivity index (χ0) is 15.5. The fraction of sp³-hybridized carbons (Fsp3) is 0.750. The van der Waals surface area contributed by atoms with Crippen LogP contribution < -0.4 is 0 Å². The fourth-order valence-corrected chi connectivity index (χ4v) is 1.41. The largest absolute Gasteiger partial charge is 0.481 e. The average Bonchev–Trinajstić information content (AvgIpc) is 2.40. The summed E-state index contributed by atoms with van der Waals surface area (Å²) in [6.45, 7) is 2.30. The number of hydrogen-bond acceptors (Lipinski definition) is 5. The molecule has 0 aromatic rings. The maximum Gasteiger partial charge on any atom is 0.325 e. The summed E-state index contributed by atoms with van der Waals surface area (Å²) in [5.74, 6) is -1.50. The molecule has 20 heavy (non-hydrogen) atoms. The molecule has 8 heteroatoms. The summed E-state index contributed by atoms with van der Waals surface area (Å²) in [6.07, 6.45) is -0.153. The molecule has 0 saturated carbocycles. The number of methoxy groups -OCH3 is 1. The minimum atomic E-state index is -0.988. The van der Waals surface area contributed by atoms with Crippen LogP contribution in [0.1, 0.15) is 13.3 Å². The van der Waals surface area contributed by atoms with E-state index in [1.54, 1.807) is 6.92 Å². The molecule has 0 spiro atoms. The van der Waals surface area contributed by atoms with E-state index in [1.807, 2.05) is 0 Å². The highest BCUT2D eigenvalue weighted by atomic mass is 16.5. The highest BCUT2D eigenvalue weighted by molar-refractivity contribution is 5.81. The van der Waals surface area contributed by atoms with Crippen LogP contribution in [0, 0.1) is 0 Å². The molecule has 2 amide bonds. The average molecular weight is 290 g/mol. The normalized spacial score (nSPS) is 9.95. The number of hydrogen-bond donors (Lipinski definition) is 1. The van der Waals surface area contributed by atoms with Crippen molar-refractivity contribution in [2.24, 2.45) is 0 Å². The Hall–Kier alpha value is -1.83. The summed E-state index contributed by atoms with van der Waals surface area (Å²) in [5.41, 5.74) is 0. The van der Waals surface area contributed by atoms with Gasteiger partial charge in [-0.15, -0.1) is 0 Å². The topological polar surface area (TPSA) is 96.4 Å². The number of urea groups is 1. The van der Waals surface area contributed by atoms with Gasteiger partial charge in [0.05, 0.1) is 19.6 Å². The fourth-order valence-electron chi connectivity index (χ4n) is 1.41. The van der Waals surface area contributed by atoms with Gasteiger partial charge in [-0.05, 0) is 6.92 Å². The van der Waals surface area contributed by atoms with Crippen LogP contribution in [0.25, 0.3) is 0 Å². The lowest BCUT2D eigenvalue weighted by Gasteiger charge is -2.27. The third-order valence-corrected chi connectivity index (χ3v) is 2.45. The number of rotatable bonds is 9. The third kappa shape index (κ3) is 7.57. The van der Waals surface area contributed by atoms with Crippen molar-refractivity contribution in [2.45, 2.75) is 13.3 Å². The number of aliphatic carboxylic acids is 1. The van der Waals surface area contributed by atoms with Gasteiger partial charge in [-0.1, -0.05) is 0 Å². The summed E-state index contributed by atoms with van der Waals surface area (Å²) in [7, 11) is 2.97. The SMILES string of the molecule is CCOC(=O)CN(CCOC)C(=O)N(C)CCC(=O)O. The van der Waals surface area contributed by atoms with E-state index in [4.69, 9.17) is 14.6 Å². The molecule has 8 nitrogen and oxygen atoms in total. The van der Waals surface area contributed by atoms with Gasteiger partial charge in [0.15, 0.2) is 0 Å². The standard InChI is InChI=1S/C12H22N2O6/c1-4-20-11(17)9-14(7-8-19-3)12(18)13(2)6-5-10(15)16/h4-9H2,1-3H3,(H,15,16). The quantitative estimate of drug-likeness (QED) is 0.602. The lowest BCUT2D eigenvalue weighted by molar-refractivity contribution is -0.144. The molecule has 0 rings (SSSR count). The molecule has 0 aromatic heterocycles. The molecule has 0 aliphatic rings. The van der Waals surface area contributed by atoms with E-state index < -0.39 is 18.0 Å². The van der Waals surface area contributed by atoms with Crippen LogP contribution in [0.2, 0.25) is 0 Å². The van der Waals surface area contributed by atoms with Gasteiger partial charge < -0.3 is 24.4 Å². The summed E-state index contributed by atoms with van der Waals surface area (Å²) < 4.78 is 9.68. The van der Waals surface area contributed by atoms with E-state index in [9.17, 15) is 14.4 Å². The Kier molecular flexibility index (Phi) is 9.10. The molecule has 0 saturated heterocycles. The molecule has 0 unspecified atom stereocenters. The first-order valence-corrected chi connectivity index (χ1v) is 6.28. The second kappa shape index (κ2) is 10.0. The summed E-state index contributed by atoms with van der Waals surface area (Å²) in [4.78, 5) is 36.5. The van der Waals surface area contributed by atoms with Gasteiger partial charge in [-0.2, -0.15) is 0 Å². The van der Waals surface area contributed by atoms with E-state index >= 15 is 0 Å². The van der Waals surface area contributed by atoms with Gasteiger partial charge in [0, 0.05) is 27.2 Å². The molecule has 0 radical (unpaired) electrons. The molecular weight excluding hydrogens is 268 g/mol. The number of nitrogens with zero attached hydrogens (tertiary/aromatic N) is 2. The van der Waals surface area contributed by atoms with Crippen molar-refractivity contribution in [3.8, 4) is 0 Å². The predicted octanol–water partition coefficient (Wildman–Crippen LogP) is 0.0244. The molecule has 0 aliphatic heterocycles. The van der Waals surface area contributed by atoms with Crippen LogP contribution in [0.5, 0.6) is 0 Å². The van der Waals surface area contributed by atoms with Crippen molar-refractivity contribution in [1.82, 2.24) is 9.80 Å². The van der Waals surface area contributed by atoms with E-state index in [0.717, 1.165) is 0 Å². The number of carbonyl (C=O) groups is 3. The van der Waals surface area contributed by atoms with Crippen LogP contribution >= 0.6 is 0 Å². The van der Waals surface area contributed by atoms with Gasteiger partial charge >= 0.3 is 18.0 Å². The Morgan fingerprint density at radius 1 is 1.20 bits per heavy atom. The number of ether oxygens (including phenoxy) is 2. The van der Waals surface area contributed by atoms with Gasteiger partial charge in [-0.3, -0.25) is 9.59 Å². The number of carbonyl (C=O) groups excluding carboxylic acids is 2. The van der Waals surface area contributed by atoms with E-state index in [0.29, 0.717) is 0 Å². The molecule has 0 aromatic carbocycles. The van der Waals surface area contributed by atoms with E-state index in [-0.39, 0.29) is 39.3 Å². The van der Waals surface area contributed by atoms with Crippen molar-refractivity contribution < 1.29 is 29.0 Å². The van der Waals surface area contributed by atoms with Crippen molar-refractivity contribution in [3.63, 3.8) is 0 Å². The minimum Gasteiger partial charge on any atom is -0.481 e.